The highest BCUT2D eigenvalue weighted by molar-refractivity contribution is 5.97. The van der Waals surface area contributed by atoms with Gasteiger partial charge in [-0.15, -0.1) is 0 Å². The predicted molar refractivity (Wildman–Crippen MR) is 98.5 cm³/mol. The maximum atomic E-state index is 12.6. The Morgan fingerprint density at radius 2 is 1.88 bits per heavy atom. The second kappa shape index (κ2) is 7.76. The molecular weight excluding hydrogens is 320 g/mol. The minimum atomic E-state index is -0.553. The molecule has 1 heterocycles. The number of methoxy groups -OCH3 is 1. The van der Waals surface area contributed by atoms with E-state index in [0.717, 1.165) is 30.8 Å². The van der Waals surface area contributed by atoms with Crippen molar-refractivity contribution >= 4 is 23.4 Å². The van der Waals surface area contributed by atoms with Gasteiger partial charge in [-0.3, -0.25) is 4.90 Å². The van der Waals surface area contributed by atoms with E-state index in [9.17, 15) is 9.59 Å². The molecule has 25 heavy (non-hydrogen) atoms. The van der Waals surface area contributed by atoms with E-state index in [1.807, 2.05) is 20.8 Å². The summed E-state index contributed by atoms with van der Waals surface area (Å²) in [7, 11) is 1.36. The number of rotatable bonds is 4. The van der Waals surface area contributed by atoms with E-state index in [0.29, 0.717) is 18.7 Å². The van der Waals surface area contributed by atoms with Gasteiger partial charge in [0.15, 0.2) is 0 Å². The molecule has 2 rings (SSSR count). The van der Waals surface area contributed by atoms with Crippen molar-refractivity contribution in [3.63, 3.8) is 0 Å². The molecule has 0 unspecified atom stereocenters. The molecule has 0 bridgehead atoms. The number of fused-ring (bicyclic) bond motifs is 1. The molecule has 0 saturated heterocycles. The maximum Gasteiger partial charge on any atom is 0.414 e. The van der Waals surface area contributed by atoms with Gasteiger partial charge in [0.2, 0.25) is 0 Å². The fourth-order valence-corrected chi connectivity index (χ4v) is 2.80. The van der Waals surface area contributed by atoms with Gasteiger partial charge in [0.25, 0.3) is 0 Å². The number of esters is 1. The third kappa shape index (κ3) is 4.65. The van der Waals surface area contributed by atoms with Crippen molar-refractivity contribution in [2.45, 2.75) is 46.1 Å². The zero-order valence-electron chi connectivity index (χ0n) is 15.8. The summed E-state index contributed by atoms with van der Waals surface area (Å²) in [5, 5.41) is 0. The van der Waals surface area contributed by atoms with Crippen LogP contribution in [-0.4, -0.2) is 44.4 Å². The first-order valence-electron chi connectivity index (χ1n) is 8.74. The molecule has 0 aliphatic carbocycles. The number of benzene rings is 1. The minimum absolute atomic E-state index is 0.366. The van der Waals surface area contributed by atoms with Crippen LogP contribution in [0.25, 0.3) is 0 Å². The van der Waals surface area contributed by atoms with E-state index in [2.05, 4.69) is 11.8 Å². The molecule has 0 saturated carbocycles. The zero-order chi connectivity index (χ0) is 18.6. The lowest BCUT2D eigenvalue weighted by atomic mass is 10.1. The molecule has 1 aromatic carbocycles. The normalized spacial score (nSPS) is 14.1. The van der Waals surface area contributed by atoms with Crippen LogP contribution in [0.1, 0.15) is 50.9 Å². The van der Waals surface area contributed by atoms with Gasteiger partial charge in [-0.2, -0.15) is 0 Å². The quantitative estimate of drug-likeness (QED) is 0.774. The van der Waals surface area contributed by atoms with Crippen molar-refractivity contribution in [3.05, 3.63) is 23.8 Å². The van der Waals surface area contributed by atoms with Crippen LogP contribution in [0.5, 0.6) is 0 Å². The fraction of sp³-hybridized carbons (Fsp3) is 0.579. The van der Waals surface area contributed by atoms with Gasteiger partial charge in [-0.25, -0.2) is 9.59 Å². The molecule has 1 aliphatic heterocycles. The van der Waals surface area contributed by atoms with E-state index in [4.69, 9.17) is 9.47 Å². The summed E-state index contributed by atoms with van der Waals surface area (Å²) in [5.74, 6) is -0.382. The Balaban J connectivity index is 2.37. The van der Waals surface area contributed by atoms with Gasteiger partial charge in [0.05, 0.1) is 24.0 Å². The van der Waals surface area contributed by atoms with E-state index >= 15 is 0 Å². The van der Waals surface area contributed by atoms with Crippen molar-refractivity contribution in [3.8, 4) is 0 Å². The molecule has 0 spiro atoms. The second-order valence-corrected chi connectivity index (χ2v) is 7.17. The van der Waals surface area contributed by atoms with Crippen molar-refractivity contribution in [1.82, 2.24) is 0 Å². The molecule has 6 nitrogen and oxygen atoms in total. The van der Waals surface area contributed by atoms with E-state index in [1.54, 1.807) is 23.1 Å². The lowest BCUT2D eigenvalue weighted by Crippen LogP contribution is -2.46. The van der Waals surface area contributed by atoms with Gasteiger partial charge >= 0.3 is 12.1 Å². The molecule has 138 valence electrons. The zero-order valence-corrected chi connectivity index (χ0v) is 15.8. The maximum absolute atomic E-state index is 12.6. The van der Waals surface area contributed by atoms with Gasteiger partial charge in [0.1, 0.15) is 5.60 Å². The minimum Gasteiger partial charge on any atom is -0.465 e. The molecule has 0 atom stereocenters. The molecular formula is C19H28N2O4. The first kappa shape index (κ1) is 19.1. The molecule has 0 aromatic heterocycles. The van der Waals surface area contributed by atoms with E-state index in [-0.39, 0.29) is 12.1 Å². The number of amides is 1. The van der Waals surface area contributed by atoms with Crippen molar-refractivity contribution < 1.29 is 19.1 Å². The molecule has 0 radical (unpaired) electrons. The second-order valence-electron chi connectivity index (χ2n) is 7.17. The van der Waals surface area contributed by atoms with Crippen LogP contribution >= 0.6 is 0 Å². The molecule has 1 aliphatic rings. The Morgan fingerprint density at radius 1 is 1.16 bits per heavy atom. The van der Waals surface area contributed by atoms with Gasteiger partial charge in [-0.1, -0.05) is 13.3 Å². The first-order valence-corrected chi connectivity index (χ1v) is 8.74. The lowest BCUT2D eigenvalue weighted by Gasteiger charge is -2.38. The number of ether oxygens (including phenoxy) is 2. The average molecular weight is 348 g/mol. The number of hydrogen-bond acceptors (Lipinski definition) is 5. The summed E-state index contributed by atoms with van der Waals surface area (Å²) < 4.78 is 10.3. The highest BCUT2D eigenvalue weighted by atomic mass is 16.6. The molecule has 0 N–H and O–H groups in total. The van der Waals surface area contributed by atoms with Crippen LogP contribution in [0, 0.1) is 0 Å². The van der Waals surface area contributed by atoms with Gasteiger partial charge in [0, 0.05) is 19.6 Å². The summed E-state index contributed by atoms with van der Waals surface area (Å²) in [6, 6.07) is 5.28. The third-order valence-corrected chi connectivity index (χ3v) is 4.02. The summed E-state index contributed by atoms with van der Waals surface area (Å²) in [4.78, 5) is 28.3. The Bertz CT molecular complexity index is 637. The van der Waals surface area contributed by atoms with Gasteiger partial charge < -0.3 is 14.4 Å². The Labute approximate surface area is 149 Å². The number of unbranched alkanes of at least 4 members (excludes halogenated alkanes) is 1. The Kier molecular flexibility index (Phi) is 5.93. The van der Waals surface area contributed by atoms with Crippen molar-refractivity contribution in [2.75, 3.05) is 36.5 Å². The van der Waals surface area contributed by atoms with Crippen LogP contribution in [-0.2, 0) is 9.47 Å². The summed E-state index contributed by atoms with van der Waals surface area (Å²) in [5.41, 5.74) is 1.56. The average Bonchev–Trinajstić information content (AvgIpc) is 2.56. The lowest BCUT2D eigenvalue weighted by molar-refractivity contribution is 0.0577. The first-order chi connectivity index (χ1) is 11.8. The van der Waals surface area contributed by atoms with Crippen LogP contribution in [0.4, 0.5) is 16.2 Å². The van der Waals surface area contributed by atoms with Crippen molar-refractivity contribution in [2.24, 2.45) is 0 Å². The highest BCUT2D eigenvalue weighted by Crippen LogP contribution is 2.35. The monoisotopic (exact) mass is 348 g/mol. The molecule has 0 fully saturated rings. The van der Waals surface area contributed by atoms with E-state index < -0.39 is 5.60 Å². The number of hydrogen-bond donors (Lipinski definition) is 0. The Hall–Kier alpha value is -2.24. The number of nitrogens with zero attached hydrogens (tertiary/aromatic N) is 2. The van der Waals surface area contributed by atoms with E-state index in [1.165, 1.54) is 7.11 Å². The smallest absolute Gasteiger partial charge is 0.414 e. The predicted octanol–water partition coefficient (Wildman–Crippen LogP) is 3.83. The number of carbonyl (C=O) groups is 2. The summed E-state index contributed by atoms with van der Waals surface area (Å²) >= 11 is 0. The third-order valence-electron chi connectivity index (χ3n) is 4.02. The molecule has 6 heteroatoms. The Morgan fingerprint density at radius 3 is 2.48 bits per heavy atom. The van der Waals surface area contributed by atoms with Gasteiger partial charge in [-0.05, 0) is 45.4 Å². The number of carbonyl (C=O) groups excluding carboxylic acids is 2. The highest BCUT2D eigenvalue weighted by Gasteiger charge is 2.30. The largest absolute Gasteiger partial charge is 0.465 e. The fourth-order valence-electron chi connectivity index (χ4n) is 2.80. The standard InChI is InChI=1S/C19H28N2O4/c1-6-7-10-20-11-12-21(18(23)25-19(2,3)4)15-9-8-14(13-16(15)20)17(22)24-5/h8-9,13H,6-7,10-12H2,1-5H3. The van der Waals surface area contributed by atoms with Crippen LogP contribution in [0.3, 0.4) is 0 Å². The summed E-state index contributed by atoms with van der Waals surface area (Å²) in [6.07, 6.45) is 1.77. The molecule has 1 amide bonds. The van der Waals surface area contributed by atoms with Crippen molar-refractivity contribution in [1.29, 1.82) is 0 Å². The summed E-state index contributed by atoms with van der Waals surface area (Å²) in [6.45, 7) is 9.84. The van der Waals surface area contributed by atoms with Crippen LogP contribution in [0.2, 0.25) is 0 Å². The SMILES string of the molecule is CCCCN1CCN(C(=O)OC(C)(C)C)c2ccc(C(=O)OC)cc21. The van der Waals surface area contributed by atoms with Crippen LogP contribution in [0.15, 0.2) is 18.2 Å². The van der Waals surface area contributed by atoms with Crippen LogP contribution < -0.4 is 9.80 Å². The molecule has 1 aromatic rings. The topological polar surface area (TPSA) is 59.1 Å². The number of anilines is 2.